The van der Waals surface area contributed by atoms with Gasteiger partial charge < -0.3 is 15.2 Å². The average Bonchev–Trinajstić information content (AvgIpc) is 2.33. The molecule has 0 radical (unpaired) electrons. The van der Waals surface area contributed by atoms with Crippen LogP contribution >= 0.6 is 0 Å². The van der Waals surface area contributed by atoms with E-state index in [1.807, 2.05) is 0 Å². The SMILES string of the molecule is C[C@H]1CC[C@@H](C)NC1.Oc1cccc(OC(F)F)c1. The zero-order valence-electron chi connectivity index (χ0n) is 11.3. The molecule has 0 amide bonds. The minimum Gasteiger partial charge on any atom is -0.508 e. The predicted octanol–water partition coefficient (Wildman–Crippen LogP) is 3.39. The van der Waals surface area contributed by atoms with Crippen LogP contribution in [0.4, 0.5) is 8.78 Å². The number of benzene rings is 1. The Bertz CT molecular complexity index is 356. The molecule has 1 fully saturated rings. The molecule has 1 saturated heterocycles. The van der Waals surface area contributed by atoms with E-state index in [4.69, 9.17) is 5.11 Å². The second-order valence-electron chi connectivity index (χ2n) is 4.87. The van der Waals surface area contributed by atoms with Crippen molar-refractivity contribution in [3.05, 3.63) is 24.3 Å². The zero-order chi connectivity index (χ0) is 14.3. The maximum atomic E-state index is 11.5. The van der Waals surface area contributed by atoms with Crippen molar-refractivity contribution in [3.63, 3.8) is 0 Å². The number of rotatable bonds is 2. The van der Waals surface area contributed by atoms with Crippen molar-refractivity contribution in [1.29, 1.82) is 0 Å². The van der Waals surface area contributed by atoms with Crippen molar-refractivity contribution < 1.29 is 18.6 Å². The van der Waals surface area contributed by atoms with Gasteiger partial charge in [-0.1, -0.05) is 13.0 Å². The lowest BCUT2D eigenvalue weighted by Gasteiger charge is -2.24. The van der Waals surface area contributed by atoms with Crippen LogP contribution in [0, 0.1) is 5.92 Å². The normalized spacial score (nSPS) is 22.6. The number of nitrogens with one attached hydrogen (secondary N) is 1. The first kappa shape index (κ1) is 15.7. The largest absolute Gasteiger partial charge is 0.508 e. The van der Waals surface area contributed by atoms with Crippen LogP contribution in [0.3, 0.4) is 0 Å². The van der Waals surface area contributed by atoms with Crippen molar-refractivity contribution in [3.8, 4) is 11.5 Å². The molecule has 2 N–H and O–H groups in total. The molecule has 5 heteroatoms. The first-order chi connectivity index (χ1) is 8.97. The van der Waals surface area contributed by atoms with E-state index in [2.05, 4.69) is 23.9 Å². The van der Waals surface area contributed by atoms with Gasteiger partial charge >= 0.3 is 6.61 Å². The number of hydrogen-bond acceptors (Lipinski definition) is 3. The summed E-state index contributed by atoms with van der Waals surface area (Å²) in [6.45, 7) is 2.93. The standard InChI is InChI=1S/C7H6F2O2.C7H15N/c8-7(9)11-6-3-1-2-5(10)4-6;1-6-3-4-7(2)8-5-6/h1-4,7,10H;6-8H,3-5H2,1-2H3/t;6-,7+/m.0/s1. The third-order valence-electron chi connectivity index (χ3n) is 2.95. The highest BCUT2D eigenvalue weighted by atomic mass is 19.3. The summed E-state index contributed by atoms with van der Waals surface area (Å²) in [5.41, 5.74) is 0. The Balaban J connectivity index is 0.000000200. The zero-order valence-corrected chi connectivity index (χ0v) is 11.3. The molecule has 0 aliphatic carbocycles. The lowest BCUT2D eigenvalue weighted by Crippen LogP contribution is -2.35. The molecule has 1 heterocycles. The highest BCUT2D eigenvalue weighted by Gasteiger charge is 2.11. The summed E-state index contributed by atoms with van der Waals surface area (Å²) in [6.07, 6.45) is 2.77. The van der Waals surface area contributed by atoms with Gasteiger partial charge in [0.15, 0.2) is 0 Å². The number of alkyl halides is 2. The molecule has 3 nitrogen and oxygen atoms in total. The third-order valence-corrected chi connectivity index (χ3v) is 2.95. The summed E-state index contributed by atoms with van der Waals surface area (Å²) in [5.74, 6) is 0.773. The molecule has 1 aromatic rings. The minimum absolute atomic E-state index is 0.0417. The van der Waals surface area contributed by atoms with Gasteiger partial charge in [-0.15, -0.1) is 0 Å². The molecule has 2 rings (SSSR count). The van der Waals surface area contributed by atoms with Crippen LogP contribution in [-0.2, 0) is 0 Å². The fourth-order valence-electron chi connectivity index (χ4n) is 1.80. The van der Waals surface area contributed by atoms with E-state index in [-0.39, 0.29) is 11.5 Å². The minimum atomic E-state index is -2.85. The summed E-state index contributed by atoms with van der Waals surface area (Å²) in [6, 6.07) is 6.02. The predicted molar refractivity (Wildman–Crippen MR) is 70.6 cm³/mol. The van der Waals surface area contributed by atoms with Crippen molar-refractivity contribution in [2.45, 2.75) is 39.3 Å². The number of phenolic OH excluding ortho intramolecular Hbond substituents is 1. The Hall–Kier alpha value is -1.36. The van der Waals surface area contributed by atoms with E-state index in [1.54, 1.807) is 0 Å². The Morgan fingerprint density at radius 3 is 2.53 bits per heavy atom. The number of hydrogen-bond donors (Lipinski definition) is 2. The van der Waals surface area contributed by atoms with E-state index in [1.165, 1.54) is 37.6 Å². The van der Waals surface area contributed by atoms with Gasteiger partial charge in [0.1, 0.15) is 11.5 Å². The summed E-state index contributed by atoms with van der Waals surface area (Å²) < 4.78 is 27.1. The lowest BCUT2D eigenvalue weighted by molar-refractivity contribution is -0.0499. The van der Waals surface area contributed by atoms with Crippen molar-refractivity contribution in [2.75, 3.05) is 6.54 Å². The maximum Gasteiger partial charge on any atom is 0.387 e. The van der Waals surface area contributed by atoms with Crippen LogP contribution in [0.2, 0.25) is 0 Å². The topological polar surface area (TPSA) is 41.5 Å². The van der Waals surface area contributed by atoms with Gasteiger partial charge in [0, 0.05) is 12.1 Å². The Morgan fingerprint density at radius 1 is 1.32 bits per heavy atom. The molecule has 0 aromatic heterocycles. The van der Waals surface area contributed by atoms with Gasteiger partial charge in [0.2, 0.25) is 0 Å². The monoisotopic (exact) mass is 273 g/mol. The summed E-state index contributed by atoms with van der Waals surface area (Å²) in [4.78, 5) is 0. The van der Waals surface area contributed by atoms with Gasteiger partial charge in [0.25, 0.3) is 0 Å². The number of ether oxygens (including phenoxy) is 1. The molecular weight excluding hydrogens is 252 g/mol. The molecule has 2 atom stereocenters. The molecule has 0 bridgehead atoms. The van der Waals surface area contributed by atoms with E-state index >= 15 is 0 Å². The van der Waals surface area contributed by atoms with Gasteiger partial charge in [-0.3, -0.25) is 0 Å². The maximum absolute atomic E-state index is 11.5. The first-order valence-corrected chi connectivity index (χ1v) is 6.44. The molecule has 0 saturated carbocycles. The van der Waals surface area contributed by atoms with E-state index in [0.717, 1.165) is 18.0 Å². The van der Waals surface area contributed by atoms with Crippen molar-refractivity contribution in [2.24, 2.45) is 5.92 Å². The van der Waals surface area contributed by atoms with Crippen molar-refractivity contribution in [1.82, 2.24) is 5.32 Å². The number of phenols is 1. The quantitative estimate of drug-likeness (QED) is 0.868. The third kappa shape index (κ3) is 6.96. The first-order valence-electron chi connectivity index (χ1n) is 6.44. The van der Waals surface area contributed by atoms with Gasteiger partial charge in [-0.25, -0.2) is 0 Å². The van der Waals surface area contributed by atoms with E-state index in [9.17, 15) is 8.78 Å². The van der Waals surface area contributed by atoms with Gasteiger partial charge in [-0.05, 0) is 44.4 Å². The smallest absolute Gasteiger partial charge is 0.387 e. The Kier molecular flexibility index (Phi) is 6.56. The van der Waals surface area contributed by atoms with Crippen LogP contribution < -0.4 is 10.1 Å². The van der Waals surface area contributed by atoms with Crippen LogP contribution in [0.5, 0.6) is 11.5 Å². The fourth-order valence-corrected chi connectivity index (χ4v) is 1.80. The van der Waals surface area contributed by atoms with Gasteiger partial charge in [-0.2, -0.15) is 8.78 Å². The molecule has 0 unspecified atom stereocenters. The van der Waals surface area contributed by atoms with Crippen molar-refractivity contribution >= 4 is 0 Å². The lowest BCUT2D eigenvalue weighted by atomic mass is 9.98. The Labute approximate surface area is 112 Å². The van der Waals surface area contributed by atoms with Crippen LogP contribution in [0.15, 0.2) is 24.3 Å². The summed E-state index contributed by atoms with van der Waals surface area (Å²) in [7, 11) is 0. The second-order valence-corrected chi connectivity index (χ2v) is 4.87. The number of piperidine rings is 1. The summed E-state index contributed by atoms with van der Waals surface area (Å²) >= 11 is 0. The molecule has 1 aromatic carbocycles. The molecule has 1 aliphatic heterocycles. The van der Waals surface area contributed by atoms with Crippen LogP contribution in [0.25, 0.3) is 0 Å². The number of halogens is 2. The van der Waals surface area contributed by atoms with Crippen LogP contribution in [0.1, 0.15) is 26.7 Å². The molecule has 0 spiro atoms. The molecule has 1 aliphatic rings. The fraction of sp³-hybridized carbons (Fsp3) is 0.571. The summed E-state index contributed by atoms with van der Waals surface area (Å²) in [5, 5.41) is 12.2. The van der Waals surface area contributed by atoms with Gasteiger partial charge in [0.05, 0.1) is 0 Å². The Morgan fingerprint density at radius 2 is 2.05 bits per heavy atom. The molecular formula is C14H21F2NO2. The highest BCUT2D eigenvalue weighted by Crippen LogP contribution is 2.19. The average molecular weight is 273 g/mol. The van der Waals surface area contributed by atoms with Crippen LogP contribution in [-0.4, -0.2) is 24.3 Å². The highest BCUT2D eigenvalue weighted by molar-refractivity contribution is 5.31. The van der Waals surface area contributed by atoms with E-state index < -0.39 is 6.61 Å². The second kappa shape index (κ2) is 7.94. The van der Waals surface area contributed by atoms with E-state index in [0.29, 0.717) is 0 Å². The number of aromatic hydroxyl groups is 1. The molecule has 108 valence electrons. The molecule has 19 heavy (non-hydrogen) atoms.